The minimum absolute atomic E-state index is 0.296. The average Bonchev–Trinajstić information content (AvgIpc) is 2.68. The summed E-state index contributed by atoms with van der Waals surface area (Å²) in [6.07, 6.45) is 2.79. The van der Waals surface area contributed by atoms with Gasteiger partial charge in [0.25, 0.3) is 0 Å². The zero-order chi connectivity index (χ0) is 14.2. The molecule has 0 bridgehead atoms. The quantitative estimate of drug-likeness (QED) is 0.730. The molecule has 0 N–H and O–H groups in total. The van der Waals surface area contributed by atoms with Gasteiger partial charge in [0.1, 0.15) is 5.60 Å². The van der Waals surface area contributed by atoms with Gasteiger partial charge in [0.2, 0.25) is 5.16 Å². The third-order valence-corrected chi connectivity index (χ3v) is 3.25. The Morgan fingerprint density at radius 3 is 2.68 bits per heavy atom. The van der Waals surface area contributed by atoms with Crippen molar-refractivity contribution in [1.29, 1.82) is 0 Å². The molecule has 1 unspecified atom stereocenters. The molecule has 0 fully saturated rings. The first-order valence-corrected chi connectivity index (χ1v) is 7.48. The average molecular weight is 283 g/mol. The van der Waals surface area contributed by atoms with Gasteiger partial charge in [-0.05, 0) is 20.8 Å². The highest BCUT2D eigenvalue weighted by Gasteiger charge is 2.29. The van der Waals surface area contributed by atoms with Crippen molar-refractivity contribution in [3.63, 3.8) is 0 Å². The maximum absolute atomic E-state index is 11.9. The molecule has 2 heterocycles. The van der Waals surface area contributed by atoms with Crippen LogP contribution in [0, 0.1) is 0 Å². The van der Waals surface area contributed by atoms with Gasteiger partial charge in [-0.2, -0.15) is 0 Å². The predicted molar refractivity (Wildman–Crippen MR) is 69.8 cm³/mol. The molecule has 0 spiro atoms. The zero-order valence-electron chi connectivity index (χ0n) is 11.5. The largest absolute Gasteiger partial charge is 0.444 e. The summed E-state index contributed by atoms with van der Waals surface area (Å²) in [5.74, 6) is 0. The third kappa shape index (κ3) is 3.28. The van der Waals surface area contributed by atoms with Gasteiger partial charge in [-0.1, -0.05) is 0 Å². The van der Waals surface area contributed by atoms with Crippen molar-refractivity contribution in [3.05, 3.63) is 17.5 Å². The van der Waals surface area contributed by atoms with E-state index in [2.05, 4.69) is 9.97 Å². The van der Waals surface area contributed by atoms with Crippen LogP contribution in [0.4, 0.5) is 4.79 Å². The Labute approximate surface area is 114 Å². The molecule has 19 heavy (non-hydrogen) atoms. The summed E-state index contributed by atoms with van der Waals surface area (Å²) in [4.78, 5) is 21.8. The van der Waals surface area contributed by atoms with Gasteiger partial charge in [0, 0.05) is 18.0 Å². The van der Waals surface area contributed by atoms with Crippen molar-refractivity contribution in [2.45, 2.75) is 44.6 Å². The predicted octanol–water partition coefficient (Wildman–Crippen LogP) is 1.46. The van der Waals surface area contributed by atoms with Crippen LogP contribution >= 0.6 is 0 Å². The molecule has 1 aromatic heterocycles. The fourth-order valence-electron chi connectivity index (χ4n) is 1.73. The number of fused-ring (bicyclic) bond motifs is 1. The Bertz CT molecular complexity index is 540. The smallest absolute Gasteiger partial charge is 0.410 e. The minimum atomic E-state index is -1.22. The molecular formula is C12H17N3O3S. The Kier molecular flexibility index (Phi) is 3.58. The van der Waals surface area contributed by atoms with Gasteiger partial charge in [-0.15, -0.1) is 0 Å². The molecule has 0 saturated carbocycles. The zero-order valence-corrected chi connectivity index (χ0v) is 12.3. The lowest BCUT2D eigenvalue weighted by molar-refractivity contribution is 0.0240. The number of hydrogen-bond acceptors (Lipinski definition) is 5. The first kappa shape index (κ1) is 13.9. The van der Waals surface area contributed by atoms with Gasteiger partial charge < -0.3 is 4.74 Å². The van der Waals surface area contributed by atoms with Crippen molar-refractivity contribution in [3.8, 4) is 0 Å². The first-order valence-electron chi connectivity index (χ1n) is 5.92. The third-order valence-electron chi connectivity index (χ3n) is 2.54. The van der Waals surface area contributed by atoms with E-state index in [9.17, 15) is 9.00 Å². The van der Waals surface area contributed by atoms with Crippen LogP contribution in [0.1, 0.15) is 32.0 Å². The van der Waals surface area contributed by atoms with E-state index < -0.39 is 16.4 Å². The second kappa shape index (κ2) is 4.88. The van der Waals surface area contributed by atoms with Crippen LogP contribution in [0.15, 0.2) is 11.4 Å². The summed E-state index contributed by atoms with van der Waals surface area (Å²) >= 11 is 0. The fourth-order valence-corrected chi connectivity index (χ4v) is 2.17. The number of carbonyl (C=O) groups excluding carboxylic acids is 1. The van der Waals surface area contributed by atoms with E-state index in [1.165, 1.54) is 6.26 Å². The summed E-state index contributed by atoms with van der Waals surface area (Å²) in [7, 11) is -1.22. The SMILES string of the molecule is CS(=O)c1ncc2c(n1)CN(C(=O)OC(C)(C)C)C2. The molecule has 0 saturated heterocycles. The molecule has 1 amide bonds. The van der Waals surface area contributed by atoms with Crippen LogP contribution in [0.5, 0.6) is 0 Å². The monoisotopic (exact) mass is 283 g/mol. The number of aromatic nitrogens is 2. The first-order chi connectivity index (χ1) is 8.76. The molecule has 2 rings (SSSR count). The number of nitrogens with zero attached hydrogens (tertiary/aromatic N) is 3. The number of carbonyl (C=O) groups is 1. The van der Waals surface area contributed by atoms with Crippen molar-refractivity contribution in [2.24, 2.45) is 0 Å². The number of amides is 1. The molecule has 7 heteroatoms. The summed E-state index contributed by atoms with van der Waals surface area (Å²) in [6, 6.07) is 0. The van der Waals surface area contributed by atoms with Crippen LogP contribution in [0.3, 0.4) is 0 Å². The summed E-state index contributed by atoms with van der Waals surface area (Å²) in [5, 5.41) is 0.296. The highest BCUT2D eigenvalue weighted by atomic mass is 32.2. The summed E-state index contributed by atoms with van der Waals surface area (Å²) in [5.41, 5.74) is 1.10. The van der Waals surface area contributed by atoms with E-state index in [0.29, 0.717) is 18.2 Å². The van der Waals surface area contributed by atoms with Gasteiger partial charge in [0.05, 0.1) is 29.6 Å². The van der Waals surface area contributed by atoms with Crippen molar-refractivity contribution < 1.29 is 13.7 Å². The molecule has 1 aliphatic heterocycles. The van der Waals surface area contributed by atoms with Crippen molar-refractivity contribution in [2.75, 3.05) is 6.26 Å². The summed E-state index contributed by atoms with van der Waals surface area (Å²) < 4.78 is 16.6. The maximum atomic E-state index is 11.9. The molecule has 0 aliphatic carbocycles. The van der Waals surface area contributed by atoms with E-state index in [1.807, 2.05) is 20.8 Å². The van der Waals surface area contributed by atoms with Gasteiger partial charge in [-0.3, -0.25) is 9.11 Å². The van der Waals surface area contributed by atoms with Crippen molar-refractivity contribution in [1.82, 2.24) is 14.9 Å². The lowest BCUT2D eigenvalue weighted by Gasteiger charge is -2.23. The molecule has 1 aliphatic rings. The molecule has 0 aromatic carbocycles. The molecule has 1 aromatic rings. The number of rotatable bonds is 1. The van der Waals surface area contributed by atoms with Crippen molar-refractivity contribution >= 4 is 16.9 Å². The van der Waals surface area contributed by atoms with E-state index in [1.54, 1.807) is 11.1 Å². The van der Waals surface area contributed by atoms with E-state index >= 15 is 0 Å². The Morgan fingerprint density at radius 1 is 1.42 bits per heavy atom. The Hall–Kier alpha value is -1.50. The normalized spacial score (nSPS) is 16.1. The van der Waals surface area contributed by atoms with Crippen LogP contribution in [-0.4, -0.2) is 37.0 Å². The number of ether oxygens (including phenoxy) is 1. The van der Waals surface area contributed by atoms with Gasteiger partial charge in [0.15, 0.2) is 0 Å². The second-order valence-electron chi connectivity index (χ2n) is 5.42. The van der Waals surface area contributed by atoms with E-state index in [4.69, 9.17) is 4.74 Å². The lowest BCUT2D eigenvalue weighted by atomic mass is 10.2. The molecule has 1 atom stereocenters. The molecule has 104 valence electrons. The van der Waals surface area contributed by atoms with Crippen LogP contribution < -0.4 is 0 Å². The molecule has 0 radical (unpaired) electrons. The van der Waals surface area contributed by atoms with Gasteiger partial charge in [-0.25, -0.2) is 14.8 Å². The number of hydrogen-bond donors (Lipinski definition) is 0. The highest BCUT2D eigenvalue weighted by Crippen LogP contribution is 2.23. The van der Waals surface area contributed by atoms with Crippen LogP contribution in [0.25, 0.3) is 0 Å². The maximum Gasteiger partial charge on any atom is 0.410 e. The van der Waals surface area contributed by atoms with Gasteiger partial charge >= 0.3 is 6.09 Å². The summed E-state index contributed by atoms with van der Waals surface area (Å²) in [6.45, 7) is 6.28. The molecule has 6 nitrogen and oxygen atoms in total. The standard InChI is InChI=1S/C12H17N3O3S/c1-12(2,3)18-11(16)15-6-8-5-13-10(19(4)17)14-9(8)7-15/h5H,6-7H2,1-4H3. The Morgan fingerprint density at radius 2 is 2.11 bits per heavy atom. The molecular weight excluding hydrogens is 266 g/mol. The fraction of sp³-hybridized carbons (Fsp3) is 0.583. The van der Waals surface area contributed by atoms with Crippen LogP contribution in [-0.2, 0) is 28.6 Å². The minimum Gasteiger partial charge on any atom is -0.444 e. The topological polar surface area (TPSA) is 72.4 Å². The highest BCUT2D eigenvalue weighted by molar-refractivity contribution is 7.84. The lowest BCUT2D eigenvalue weighted by Crippen LogP contribution is -2.33. The van der Waals surface area contributed by atoms with Crippen LogP contribution in [0.2, 0.25) is 0 Å². The second-order valence-corrected chi connectivity index (χ2v) is 6.69. The Balaban J connectivity index is 2.12. The van der Waals surface area contributed by atoms with E-state index in [-0.39, 0.29) is 6.09 Å². The van der Waals surface area contributed by atoms with E-state index in [0.717, 1.165) is 11.3 Å².